The maximum atomic E-state index is 13.7. The first-order chi connectivity index (χ1) is 16.0. The number of aryl methyl sites for hydroxylation is 1. The van der Waals surface area contributed by atoms with E-state index in [4.69, 9.17) is 4.52 Å². The number of hydrogen-bond acceptors (Lipinski definition) is 5. The fraction of sp³-hybridized carbons (Fsp3) is 0.217. The molecule has 0 fully saturated rings. The van der Waals surface area contributed by atoms with Crippen molar-refractivity contribution in [3.63, 3.8) is 0 Å². The second kappa shape index (κ2) is 10.1. The second-order valence-electron chi connectivity index (χ2n) is 7.84. The highest BCUT2D eigenvalue weighted by Gasteiger charge is 2.26. The molecule has 2 aromatic carbocycles. The minimum absolute atomic E-state index is 0.149. The molecule has 1 unspecified atom stereocenters. The lowest BCUT2D eigenvalue weighted by atomic mass is 10.0. The molecule has 11 heteroatoms. The van der Waals surface area contributed by atoms with E-state index >= 15 is 0 Å². The molecular weight excluding hydrogens is 450 g/mol. The number of nitrogens with one attached hydrogen (secondary N) is 3. The Morgan fingerprint density at radius 1 is 1.03 bits per heavy atom. The Morgan fingerprint density at radius 3 is 2.38 bits per heavy atom. The average Bonchev–Trinajstić information content (AvgIpc) is 3.23. The predicted octanol–water partition coefficient (Wildman–Crippen LogP) is 4.41. The molecule has 1 atom stereocenters. The van der Waals surface area contributed by atoms with Gasteiger partial charge in [0.1, 0.15) is 23.4 Å². The molecular formula is C23H22F2N4O5. The lowest BCUT2D eigenvalue weighted by Gasteiger charge is -2.16. The number of aromatic nitrogens is 1. The number of urea groups is 1. The van der Waals surface area contributed by atoms with Crippen LogP contribution in [0.4, 0.5) is 25.0 Å². The van der Waals surface area contributed by atoms with Gasteiger partial charge in [-0.3, -0.25) is 4.79 Å². The summed E-state index contributed by atoms with van der Waals surface area (Å²) in [4.78, 5) is 35.8. The van der Waals surface area contributed by atoms with Gasteiger partial charge in [-0.1, -0.05) is 25.1 Å². The van der Waals surface area contributed by atoms with Crippen LogP contribution >= 0.6 is 0 Å². The van der Waals surface area contributed by atoms with Gasteiger partial charge in [-0.25, -0.2) is 18.4 Å². The van der Waals surface area contributed by atoms with Gasteiger partial charge in [0, 0.05) is 23.4 Å². The van der Waals surface area contributed by atoms with E-state index in [0.717, 1.165) is 12.1 Å². The highest BCUT2D eigenvalue weighted by atomic mass is 19.1. The monoisotopic (exact) mass is 472 g/mol. The first kappa shape index (κ1) is 24.4. The molecule has 9 nitrogen and oxygen atoms in total. The molecule has 3 rings (SSSR count). The summed E-state index contributed by atoms with van der Waals surface area (Å²) in [6, 6.07) is 7.20. The maximum Gasteiger partial charge on any atom is 0.326 e. The maximum absolute atomic E-state index is 13.7. The van der Waals surface area contributed by atoms with Crippen molar-refractivity contribution in [1.82, 2.24) is 10.5 Å². The van der Waals surface area contributed by atoms with E-state index < -0.39 is 35.6 Å². The minimum Gasteiger partial charge on any atom is -0.480 e. The first-order valence-corrected chi connectivity index (χ1v) is 10.2. The van der Waals surface area contributed by atoms with Gasteiger partial charge in [0.15, 0.2) is 0 Å². The number of benzene rings is 2. The molecule has 0 radical (unpaired) electrons. The molecule has 178 valence electrons. The molecule has 3 aromatic rings. The van der Waals surface area contributed by atoms with E-state index in [9.17, 15) is 28.3 Å². The number of hydrogen-bond donors (Lipinski definition) is 4. The van der Waals surface area contributed by atoms with Crippen molar-refractivity contribution in [3.05, 3.63) is 65.4 Å². The number of carbonyl (C=O) groups is 3. The summed E-state index contributed by atoms with van der Waals surface area (Å²) in [5.74, 6) is -4.01. The largest absolute Gasteiger partial charge is 0.480 e. The first-order valence-electron chi connectivity index (χ1n) is 10.2. The summed E-state index contributed by atoms with van der Waals surface area (Å²) in [7, 11) is 0. The lowest BCUT2D eigenvalue weighted by molar-refractivity contribution is -0.140. The number of anilines is 2. The Kier molecular flexibility index (Phi) is 7.24. The van der Waals surface area contributed by atoms with E-state index in [2.05, 4.69) is 21.1 Å². The molecule has 4 N–H and O–H groups in total. The van der Waals surface area contributed by atoms with Crippen LogP contribution in [0, 0.1) is 24.5 Å². The van der Waals surface area contributed by atoms with E-state index in [0.29, 0.717) is 28.6 Å². The van der Waals surface area contributed by atoms with Crippen LogP contribution in [0.15, 0.2) is 47.0 Å². The minimum atomic E-state index is -1.16. The van der Waals surface area contributed by atoms with Crippen molar-refractivity contribution in [2.45, 2.75) is 26.8 Å². The van der Waals surface area contributed by atoms with Gasteiger partial charge in [0.25, 0.3) is 5.91 Å². The molecule has 1 heterocycles. The Bertz CT molecular complexity index is 1240. The third-order valence-electron chi connectivity index (χ3n) is 4.89. The van der Waals surface area contributed by atoms with Crippen molar-refractivity contribution in [3.8, 4) is 11.3 Å². The van der Waals surface area contributed by atoms with Crippen LogP contribution in [0.2, 0.25) is 0 Å². The highest BCUT2D eigenvalue weighted by molar-refractivity contribution is 6.00. The Hall–Kier alpha value is -4.28. The van der Waals surface area contributed by atoms with Gasteiger partial charge in [-0.05, 0) is 42.7 Å². The van der Waals surface area contributed by atoms with Gasteiger partial charge in [-0.2, -0.15) is 0 Å². The third-order valence-corrected chi connectivity index (χ3v) is 4.89. The molecule has 0 saturated heterocycles. The molecule has 0 aliphatic heterocycles. The van der Waals surface area contributed by atoms with Crippen LogP contribution in [-0.4, -0.2) is 34.2 Å². The Morgan fingerprint density at radius 2 is 1.76 bits per heavy atom. The standard InChI is InChI=1S/C23H22F2N4O5/c1-11(2)20(22(31)32)28-21(30)19-10-18(29-34-19)15-6-5-14(8-12(15)3)26-23(33)27-17-7-4-13(24)9-16(17)25/h4-11,20H,1-3H3,(H,28,30)(H,31,32)(H2,26,27,33). The van der Waals surface area contributed by atoms with E-state index in [-0.39, 0.29) is 17.4 Å². The fourth-order valence-electron chi connectivity index (χ4n) is 3.14. The number of rotatable bonds is 7. The topological polar surface area (TPSA) is 134 Å². The molecule has 34 heavy (non-hydrogen) atoms. The van der Waals surface area contributed by atoms with E-state index in [1.54, 1.807) is 39.0 Å². The van der Waals surface area contributed by atoms with Gasteiger partial charge >= 0.3 is 12.0 Å². The van der Waals surface area contributed by atoms with Gasteiger partial charge in [0.05, 0.1) is 5.69 Å². The van der Waals surface area contributed by atoms with E-state index in [1.165, 1.54) is 6.07 Å². The SMILES string of the molecule is Cc1cc(NC(=O)Nc2ccc(F)cc2F)ccc1-c1cc(C(=O)NC(C(=O)O)C(C)C)on1. The number of carboxylic acid groups (broad SMARTS) is 1. The third kappa shape index (κ3) is 5.74. The van der Waals surface area contributed by atoms with Crippen LogP contribution in [-0.2, 0) is 4.79 Å². The Balaban J connectivity index is 1.69. The summed E-state index contributed by atoms with van der Waals surface area (Å²) in [5, 5.41) is 20.3. The zero-order chi connectivity index (χ0) is 25.0. The molecule has 0 saturated carbocycles. The average molecular weight is 472 g/mol. The summed E-state index contributed by atoms with van der Waals surface area (Å²) >= 11 is 0. The van der Waals surface area contributed by atoms with Crippen molar-refractivity contribution in [2.75, 3.05) is 10.6 Å². The molecule has 0 bridgehead atoms. The van der Waals surface area contributed by atoms with Crippen LogP contribution in [0.25, 0.3) is 11.3 Å². The van der Waals surface area contributed by atoms with Crippen molar-refractivity contribution in [2.24, 2.45) is 5.92 Å². The lowest BCUT2D eigenvalue weighted by Crippen LogP contribution is -2.44. The van der Waals surface area contributed by atoms with E-state index in [1.807, 2.05) is 0 Å². The summed E-state index contributed by atoms with van der Waals surface area (Å²) in [6.07, 6.45) is 0. The Labute approximate surface area is 193 Å². The number of halogens is 2. The van der Waals surface area contributed by atoms with Crippen LogP contribution in [0.3, 0.4) is 0 Å². The normalized spacial score (nSPS) is 11.7. The predicted molar refractivity (Wildman–Crippen MR) is 119 cm³/mol. The molecule has 0 aliphatic rings. The van der Waals surface area contributed by atoms with Crippen molar-refractivity contribution in [1.29, 1.82) is 0 Å². The molecule has 1 aromatic heterocycles. The van der Waals surface area contributed by atoms with Gasteiger partial charge < -0.3 is 25.6 Å². The van der Waals surface area contributed by atoms with Gasteiger partial charge in [0.2, 0.25) is 5.76 Å². The number of nitrogens with zero attached hydrogens (tertiary/aromatic N) is 1. The molecule has 3 amide bonds. The summed E-state index contributed by atoms with van der Waals surface area (Å²) in [5.41, 5.74) is 1.84. The van der Waals surface area contributed by atoms with Crippen molar-refractivity contribution >= 4 is 29.3 Å². The van der Waals surface area contributed by atoms with Crippen LogP contribution < -0.4 is 16.0 Å². The van der Waals surface area contributed by atoms with Gasteiger partial charge in [-0.15, -0.1) is 0 Å². The highest BCUT2D eigenvalue weighted by Crippen LogP contribution is 2.26. The zero-order valence-electron chi connectivity index (χ0n) is 18.5. The summed E-state index contributed by atoms with van der Waals surface area (Å²) < 4.78 is 31.8. The molecule has 0 spiro atoms. The molecule has 0 aliphatic carbocycles. The quantitative estimate of drug-likeness (QED) is 0.403. The van der Waals surface area contributed by atoms with Crippen LogP contribution in [0.5, 0.6) is 0 Å². The second-order valence-corrected chi connectivity index (χ2v) is 7.84. The zero-order valence-corrected chi connectivity index (χ0v) is 18.5. The number of amides is 3. The summed E-state index contributed by atoms with van der Waals surface area (Å²) in [6.45, 7) is 5.08. The fourth-order valence-corrected chi connectivity index (χ4v) is 3.14. The van der Waals surface area contributed by atoms with Crippen molar-refractivity contribution < 1.29 is 32.8 Å². The smallest absolute Gasteiger partial charge is 0.326 e. The van der Waals surface area contributed by atoms with Crippen LogP contribution in [0.1, 0.15) is 30.0 Å². The number of aliphatic carboxylic acids is 1. The number of carbonyl (C=O) groups excluding carboxylic acids is 2. The number of carboxylic acids is 1.